The third-order valence-electron chi connectivity index (χ3n) is 4.53. The lowest BCUT2D eigenvalue weighted by molar-refractivity contribution is 0.0920. The summed E-state index contributed by atoms with van der Waals surface area (Å²) >= 11 is 3.52. The maximum atomic E-state index is 12.3. The molecule has 160 valence electrons. The predicted molar refractivity (Wildman–Crippen MR) is 117 cm³/mol. The van der Waals surface area contributed by atoms with Gasteiger partial charge in [0.2, 0.25) is 0 Å². The summed E-state index contributed by atoms with van der Waals surface area (Å²) < 4.78 is 19.7. The van der Waals surface area contributed by atoms with Gasteiger partial charge in [-0.3, -0.25) is 9.48 Å². The fraction of sp³-hybridized carbons (Fsp3) is 0.364. The average Bonchev–Trinajstić information content (AvgIpc) is 3.32. The SMILES string of the molecule is CCOc1ccc(OCc2ccc(C(=O)NCCCn3nc(C)c(Br)c3C)o2)cc1. The Hall–Kier alpha value is -2.74. The molecule has 1 amide bonds. The van der Waals surface area contributed by atoms with Crippen LogP contribution >= 0.6 is 15.9 Å². The van der Waals surface area contributed by atoms with Crippen molar-refractivity contribution in [2.24, 2.45) is 0 Å². The second-order valence-corrected chi connectivity index (χ2v) is 7.57. The molecule has 0 bridgehead atoms. The fourth-order valence-electron chi connectivity index (χ4n) is 2.94. The Bertz CT molecular complexity index is 979. The Kier molecular flexibility index (Phi) is 7.57. The molecule has 0 atom stereocenters. The zero-order valence-corrected chi connectivity index (χ0v) is 19.0. The topological polar surface area (TPSA) is 78.5 Å². The van der Waals surface area contributed by atoms with Gasteiger partial charge in [-0.2, -0.15) is 5.10 Å². The first kappa shape index (κ1) is 22.0. The molecule has 0 fully saturated rings. The Morgan fingerprint density at radius 2 is 1.83 bits per heavy atom. The number of rotatable bonds is 10. The van der Waals surface area contributed by atoms with Crippen LogP contribution in [0.2, 0.25) is 0 Å². The van der Waals surface area contributed by atoms with Crippen LogP contribution in [0.4, 0.5) is 0 Å². The number of hydrogen-bond donors (Lipinski definition) is 1. The van der Waals surface area contributed by atoms with Gasteiger partial charge in [0.05, 0.1) is 16.8 Å². The van der Waals surface area contributed by atoms with Crippen molar-refractivity contribution in [2.75, 3.05) is 13.2 Å². The second kappa shape index (κ2) is 10.3. The summed E-state index contributed by atoms with van der Waals surface area (Å²) in [5, 5.41) is 7.34. The zero-order chi connectivity index (χ0) is 21.5. The Morgan fingerprint density at radius 1 is 1.13 bits per heavy atom. The number of aromatic nitrogens is 2. The summed E-state index contributed by atoms with van der Waals surface area (Å²) in [6.07, 6.45) is 0.772. The smallest absolute Gasteiger partial charge is 0.286 e. The van der Waals surface area contributed by atoms with E-state index in [0.717, 1.165) is 34.6 Å². The van der Waals surface area contributed by atoms with E-state index in [4.69, 9.17) is 13.9 Å². The lowest BCUT2D eigenvalue weighted by Gasteiger charge is -2.07. The van der Waals surface area contributed by atoms with E-state index in [-0.39, 0.29) is 18.3 Å². The van der Waals surface area contributed by atoms with Gasteiger partial charge in [-0.1, -0.05) is 0 Å². The second-order valence-electron chi connectivity index (χ2n) is 6.78. The Balaban J connectivity index is 1.42. The van der Waals surface area contributed by atoms with Gasteiger partial charge in [0, 0.05) is 18.8 Å². The van der Waals surface area contributed by atoms with Crippen molar-refractivity contribution < 1.29 is 18.7 Å². The molecular weight excluding hydrogens is 450 g/mol. The number of aryl methyl sites for hydroxylation is 2. The van der Waals surface area contributed by atoms with E-state index in [0.29, 0.717) is 24.7 Å². The summed E-state index contributed by atoms with van der Waals surface area (Å²) in [5.74, 6) is 2.12. The van der Waals surface area contributed by atoms with Crippen LogP contribution in [0.15, 0.2) is 45.3 Å². The highest BCUT2D eigenvalue weighted by Crippen LogP contribution is 2.20. The first-order valence-electron chi connectivity index (χ1n) is 9.90. The third kappa shape index (κ3) is 5.66. The number of halogens is 1. The minimum absolute atomic E-state index is 0.239. The van der Waals surface area contributed by atoms with E-state index in [1.54, 1.807) is 12.1 Å². The first-order valence-corrected chi connectivity index (χ1v) is 10.7. The number of nitrogens with zero attached hydrogens (tertiary/aromatic N) is 2. The van der Waals surface area contributed by atoms with Crippen molar-refractivity contribution in [2.45, 2.75) is 40.3 Å². The lowest BCUT2D eigenvalue weighted by atomic mass is 10.3. The van der Waals surface area contributed by atoms with Crippen molar-refractivity contribution in [3.63, 3.8) is 0 Å². The summed E-state index contributed by atoms with van der Waals surface area (Å²) in [4.78, 5) is 12.3. The largest absolute Gasteiger partial charge is 0.494 e. The van der Waals surface area contributed by atoms with Gasteiger partial charge in [-0.25, -0.2) is 0 Å². The number of benzene rings is 1. The molecule has 0 spiro atoms. The molecule has 0 aliphatic heterocycles. The quantitative estimate of drug-likeness (QED) is 0.431. The molecule has 3 aromatic rings. The van der Waals surface area contributed by atoms with Crippen molar-refractivity contribution >= 4 is 21.8 Å². The maximum Gasteiger partial charge on any atom is 0.286 e. The standard InChI is InChI=1S/C22H26BrN3O4/c1-4-28-17-6-8-18(9-7-17)29-14-19-10-11-20(30-19)22(27)24-12-5-13-26-16(3)21(23)15(2)25-26/h6-11H,4-5,12-14H2,1-3H3,(H,24,27). The van der Waals surface area contributed by atoms with Crippen LogP contribution in [0, 0.1) is 13.8 Å². The van der Waals surface area contributed by atoms with Crippen LogP contribution in [0.25, 0.3) is 0 Å². The van der Waals surface area contributed by atoms with Crippen molar-refractivity contribution in [3.8, 4) is 11.5 Å². The van der Waals surface area contributed by atoms with Crippen LogP contribution in [-0.4, -0.2) is 28.8 Å². The van der Waals surface area contributed by atoms with Crippen molar-refractivity contribution in [3.05, 3.63) is 63.8 Å². The molecule has 2 aromatic heterocycles. The van der Waals surface area contributed by atoms with E-state index in [1.165, 1.54) is 0 Å². The summed E-state index contributed by atoms with van der Waals surface area (Å²) in [7, 11) is 0. The number of hydrogen-bond acceptors (Lipinski definition) is 5. The van der Waals surface area contributed by atoms with Gasteiger partial charge in [0.15, 0.2) is 5.76 Å². The number of amides is 1. The molecule has 7 nitrogen and oxygen atoms in total. The van der Waals surface area contributed by atoms with Crippen LogP contribution in [0.5, 0.6) is 11.5 Å². The monoisotopic (exact) mass is 475 g/mol. The molecule has 0 saturated carbocycles. The molecule has 0 unspecified atom stereocenters. The van der Waals surface area contributed by atoms with Gasteiger partial charge < -0.3 is 19.2 Å². The molecular formula is C22H26BrN3O4. The summed E-state index contributed by atoms with van der Waals surface area (Å²) in [6, 6.07) is 10.8. The Labute approximate surface area is 184 Å². The summed E-state index contributed by atoms with van der Waals surface area (Å²) in [6.45, 7) is 8.05. The molecule has 0 saturated heterocycles. The van der Waals surface area contributed by atoms with E-state index in [1.807, 2.05) is 49.7 Å². The number of nitrogens with one attached hydrogen (secondary N) is 1. The molecule has 2 heterocycles. The van der Waals surface area contributed by atoms with Crippen LogP contribution < -0.4 is 14.8 Å². The van der Waals surface area contributed by atoms with Crippen LogP contribution in [0.3, 0.4) is 0 Å². The molecule has 0 radical (unpaired) electrons. The highest BCUT2D eigenvalue weighted by atomic mass is 79.9. The molecule has 1 aromatic carbocycles. The fourth-order valence-corrected chi connectivity index (χ4v) is 3.23. The molecule has 0 aliphatic carbocycles. The van der Waals surface area contributed by atoms with Gasteiger partial charge in [0.1, 0.15) is 23.9 Å². The van der Waals surface area contributed by atoms with Crippen LogP contribution in [0.1, 0.15) is 41.0 Å². The number of carbonyl (C=O) groups excluding carboxylic acids is 1. The number of ether oxygens (including phenoxy) is 2. The molecule has 30 heavy (non-hydrogen) atoms. The highest BCUT2D eigenvalue weighted by molar-refractivity contribution is 9.10. The van der Waals surface area contributed by atoms with Gasteiger partial charge in [-0.15, -0.1) is 0 Å². The van der Waals surface area contributed by atoms with Gasteiger partial charge >= 0.3 is 0 Å². The molecule has 0 aliphatic rings. The molecule has 1 N–H and O–H groups in total. The summed E-state index contributed by atoms with van der Waals surface area (Å²) in [5.41, 5.74) is 2.05. The van der Waals surface area contributed by atoms with Crippen molar-refractivity contribution in [1.29, 1.82) is 0 Å². The van der Waals surface area contributed by atoms with Gasteiger partial charge in [-0.05, 0) is 79.5 Å². The van der Waals surface area contributed by atoms with E-state index in [2.05, 4.69) is 26.3 Å². The number of furan rings is 1. The maximum absolute atomic E-state index is 12.3. The third-order valence-corrected chi connectivity index (χ3v) is 5.67. The first-order chi connectivity index (χ1) is 14.5. The normalized spacial score (nSPS) is 10.8. The average molecular weight is 476 g/mol. The van der Waals surface area contributed by atoms with Crippen molar-refractivity contribution in [1.82, 2.24) is 15.1 Å². The van der Waals surface area contributed by atoms with Crippen LogP contribution in [-0.2, 0) is 13.2 Å². The zero-order valence-electron chi connectivity index (χ0n) is 17.4. The minimum Gasteiger partial charge on any atom is -0.494 e. The van der Waals surface area contributed by atoms with E-state index >= 15 is 0 Å². The molecule has 3 rings (SSSR count). The molecule has 8 heteroatoms. The highest BCUT2D eigenvalue weighted by Gasteiger charge is 2.12. The number of carbonyl (C=O) groups is 1. The minimum atomic E-state index is -0.239. The Morgan fingerprint density at radius 3 is 2.47 bits per heavy atom. The van der Waals surface area contributed by atoms with E-state index < -0.39 is 0 Å². The van der Waals surface area contributed by atoms with Gasteiger partial charge in [0.25, 0.3) is 5.91 Å². The lowest BCUT2D eigenvalue weighted by Crippen LogP contribution is -2.25. The van der Waals surface area contributed by atoms with E-state index in [9.17, 15) is 4.79 Å². The predicted octanol–water partition coefficient (Wildman–Crippen LogP) is 4.65.